The van der Waals surface area contributed by atoms with Crippen molar-refractivity contribution in [1.82, 2.24) is 9.97 Å². The predicted octanol–water partition coefficient (Wildman–Crippen LogP) is 4.41. The number of nitrogens with two attached hydrogens (primary N) is 1. The first-order chi connectivity index (χ1) is 13.3. The van der Waals surface area contributed by atoms with Crippen molar-refractivity contribution in [3.05, 3.63) is 71.7 Å². The molecule has 0 unspecified atom stereocenters. The van der Waals surface area contributed by atoms with E-state index in [4.69, 9.17) is 5.73 Å². The number of hydrazone groups is 1. The largest absolute Gasteiger partial charge is 0.421 e. The molecule has 0 spiro atoms. The van der Waals surface area contributed by atoms with Gasteiger partial charge >= 0.3 is 6.18 Å². The summed E-state index contributed by atoms with van der Waals surface area (Å²) in [6.07, 6.45) is -2.87. The number of nitrogens with one attached hydrogen (secondary N) is 2. The van der Waals surface area contributed by atoms with Crippen molar-refractivity contribution in [2.45, 2.75) is 6.18 Å². The lowest BCUT2D eigenvalue weighted by atomic mass is 10.2. The lowest BCUT2D eigenvalue weighted by Gasteiger charge is -2.14. The molecule has 3 rings (SSSR count). The average Bonchev–Trinajstić information content (AvgIpc) is 2.62. The first kappa shape index (κ1) is 19.1. The van der Waals surface area contributed by atoms with E-state index in [9.17, 15) is 17.6 Å². The van der Waals surface area contributed by atoms with Gasteiger partial charge in [-0.1, -0.05) is 24.3 Å². The van der Waals surface area contributed by atoms with E-state index in [1.165, 1.54) is 30.5 Å². The summed E-state index contributed by atoms with van der Waals surface area (Å²) >= 11 is 0. The molecule has 0 saturated heterocycles. The minimum Gasteiger partial charge on any atom is -0.399 e. The highest BCUT2D eigenvalue weighted by atomic mass is 19.4. The van der Waals surface area contributed by atoms with Crippen LogP contribution in [0.4, 0.5) is 40.7 Å². The van der Waals surface area contributed by atoms with Gasteiger partial charge < -0.3 is 11.1 Å². The van der Waals surface area contributed by atoms with Crippen molar-refractivity contribution in [2.24, 2.45) is 5.10 Å². The number of anilines is 4. The predicted molar refractivity (Wildman–Crippen MR) is 98.8 cm³/mol. The molecular weight excluding hydrogens is 376 g/mol. The van der Waals surface area contributed by atoms with Gasteiger partial charge in [0.1, 0.15) is 17.2 Å². The van der Waals surface area contributed by atoms with E-state index >= 15 is 0 Å². The molecule has 6 nitrogen and oxygen atoms in total. The average molecular weight is 390 g/mol. The fourth-order valence-electron chi connectivity index (χ4n) is 2.23. The highest BCUT2D eigenvalue weighted by molar-refractivity contribution is 5.80. The normalized spacial score (nSPS) is 11.6. The van der Waals surface area contributed by atoms with E-state index in [-0.39, 0.29) is 11.5 Å². The van der Waals surface area contributed by atoms with Crippen molar-refractivity contribution in [3.63, 3.8) is 0 Å². The lowest BCUT2D eigenvalue weighted by molar-refractivity contribution is -0.137. The summed E-state index contributed by atoms with van der Waals surface area (Å²) in [5.74, 6) is -1.17. The lowest BCUT2D eigenvalue weighted by Crippen LogP contribution is -2.12. The Bertz CT molecular complexity index is 1000. The van der Waals surface area contributed by atoms with Crippen LogP contribution in [0.5, 0.6) is 0 Å². The zero-order valence-electron chi connectivity index (χ0n) is 14.2. The zero-order chi connectivity index (χ0) is 20.1. The van der Waals surface area contributed by atoms with E-state index in [0.717, 1.165) is 0 Å². The van der Waals surface area contributed by atoms with Gasteiger partial charge in [0.2, 0.25) is 5.95 Å². The third-order valence-corrected chi connectivity index (χ3v) is 3.52. The monoisotopic (exact) mass is 390 g/mol. The number of alkyl halides is 3. The molecule has 0 atom stereocenters. The Kier molecular flexibility index (Phi) is 5.39. The Morgan fingerprint density at radius 3 is 2.57 bits per heavy atom. The van der Waals surface area contributed by atoms with Gasteiger partial charge in [-0.05, 0) is 24.3 Å². The summed E-state index contributed by atoms with van der Waals surface area (Å²) in [6, 6.07) is 12.1. The summed E-state index contributed by atoms with van der Waals surface area (Å²) < 4.78 is 53.3. The standard InChI is InChI=1S/C18H14F4N6/c19-15-7-2-1-4-11(15)9-25-28-17-24-10-14(18(20,21)22)16(27-17)26-13-6-3-5-12(23)8-13/h1-10H,23H2,(H2,24,26,27,28)/b25-9+. The van der Waals surface area contributed by atoms with Crippen molar-refractivity contribution in [1.29, 1.82) is 0 Å². The van der Waals surface area contributed by atoms with E-state index in [1.807, 2.05) is 0 Å². The number of nitrogens with zero attached hydrogens (tertiary/aromatic N) is 3. The molecule has 0 aliphatic rings. The van der Waals surface area contributed by atoms with Gasteiger partial charge in [0.25, 0.3) is 0 Å². The molecule has 0 radical (unpaired) electrons. The van der Waals surface area contributed by atoms with Crippen molar-refractivity contribution < 1.29 is 17.6 Å². The number of benzene rings is 2. The molecule has 0 saturated carbocycles. The van der Waals surface area contributed by atoms with Crippen LogP contribution in [0, 0.1) is 5.82 Å². The van der Waals surface area contributed by atoms with Crippen LogP contribution in [-0.2, 0) is 6.18 Å². The number of hydrogen-bond acceptors (Lipinski definition) is 6. The minimum absolute atomic E-state index is 0.194. The van der Waals surface area contributed by atoms with Gasteiger partial charge in [-0.3, -0.25) is 0 Å². The molecule has 0 bridgehead atoms. The van der Waals surface area contributed by atoms with Gasteiger partial charge in [0.15, 0.2) is 0 Å². The topological polar surface area (TPSA) is 88.2 Å². The highest BCUT2D eigenvalue weighted by Crippen LogP contribution is 2.35. The third kappa shape index (κ3) is 4.72. The Morgan fingerprint density at radius 2 is 1.86 bits per heavy atom. The second-order valence-corrected chi connectivity index (χ2v) is 5.60. The van der Waals surface area contributed by atoms with Crippen LogP contribution in [0.15, 0.2) is 59.8 Å². The van der Waals surface area contributed by atoms with E-state index < -0.39 is 23.4 Å². The molecule has 0 amide bonds. The molecule has 3 aromatic rings. The number of hydrogen-bond donors (Lipinski definition) is 3. The summed E-state index contributed by atoms with van der Waals surface area (Å²) in [5, 5.41) is 6.33. The Balaban J connectivity index is 1.86. The highest BCUT2D eigenvalue weighted by Gasteiger charge is 2.35. The smallest absolute Gasteiger partial charge is 0.399 e. The number of nitrogen functional groups attached to an aromatic ring is 1. The third-order valence-electron chi connectivity index (χ3n) is 3.52. The molecular formula is C18H14F4N6. The van der Waals surface area contributed by atoms with E-state index in [1.54, 1.807) is 24.3 Å². The Morgan fingerprint density at radius 1 is 1.07 bits per heavy atom. The molecule has 1 heterocycles. The maximum Gasteiger partial charge on any atom is 0.421 e. The molecule has 144 valence electrons. The van der Waals surface area contributed by atoms with E-state index in [2.05, 4.69) is 25.8 Å². The molecule has 0 aliphatic carbocycles. The molecule has 28 heavy (non-hydrogen) atoms. The van der Waals surface area contributed by atoms with Gasteiger partial charge in [0, 0.05) is 23.1 Å². The summed E-state index contributed by atoms with van der Waals surface area (Å²) in [4.78, 5) is 7.42. The van der Waals surface area contributed by atoms with Crippen molar-refractivity contribution in [3.8, 4) is 0 Å². The Labute approximate surface area is 157 Å². The second-order valence-electron chi connectivity index (χ2n) is 5.60. The van der Waals surface area contributed by atoms with Crippen LogP contribution < -0.4 is 16.5 Å². The maximum absolute atomic E-state index is 13.5. The van der Waals surface area contributed by atoms with Crippen LogP contribution in [0.25, 0.3) is 0 Å². The second kappa shape index (κ2) is 7.91. The molecule has 2 aromatic carbocycles. The van der Waals surface area contributed by atoms with Crippen LogP contribution in [0.2, 0.25) is 0 Å². The SMILES string of the molecule is Nc1cccc(Nc2nc(N/N=C/c3ccccc3F)ncc2C(F)(F)F)c1. The van der Waals surface area contributed by atoms with Gasteiger partial charge in [-0.15, -0.1) is 0 Å². The van der Waals surface area contributed by atoms with Crippen LogP contribution in [-0.4, -0.2) is 16.2 Å². The Hall–Kier alpha value is -3.69. The summed E-state index contributed by atoms with van der Waals surface area (Å²) in [5.41, 5.74) is 7.86. The van der Waals surface area contributed by atoms with Crippen molar-refractivity contribution >= 4 is 29.4 Å². The van der Waals surface area contributed by atoms with Gasteiger partial charge in [-0.25, -0.2) is 14.8 Å². The first-order valence-electron chi connectivity index (χ1n) is 7.93. The summed E-state index contributed by atoms with van der Waals surface area (Å²) in [7, 11) is 0. The molecule has 0 aliphatic heterocycles. The molecule has 1 aromatic heterocycles. The van der Waals surface area contributed by atoms with Crippen molar-refractivity contribution in [2.75, 3.05) is 16.5 Å². The van der Waals surface area contributed by atoms with Crippen LogP contribution in [0.1, 0.15) is 11.1 Å². The first-order valence-corrected chi connectivity index (χ1v) is 7.93. The maximum atomic E-state index is 13.5. The summed E-state index contributed by atoms with van der Waals surface area (Å²) in [6.45, 7) is 0. The number of halogens is 4. The van der Waals surface area contributed by atoms with Gasteiger partial charge in [0.05, 0.1) is 6.21 Å². The van der Waals surface area contributed by atoms with E-state index in [0.29, 0.717) is 17.6 Å². The molecule has 0 fully saturated rings. The minimum atomic E-state index is -4.67. The number of aromatic nitrogens is 2. The zero-order valence-corrected chi connectivity index (χ0v) is 14.2. The fraction of sp³-hybridized carbons (Fsp3) is 0.0556. The molecule has 4 N–H and O–H groups in total. The molecule has 10 heteroatoms. The van der Waals surface area contributed by atoms with Crippen LogP contribution in [0.3, 0.4) is 0 Å². The fourth-order valence-corrected chi connectivity index (χ4v) is 2.23. The van der Waals surface area contributed by atoms with Gasteiger partial charge in [-0.2, -0.15) is 23.3 Å². The van der Waals surface area contributed by atoms with Crippen LogP contribution >= 0.6 is 0 Å². The number of rotatable bonds is 5. The quantitative estimate of drug-likeness (QED) is 0.260.